The van der Waals surface area contributed by atoms with E-state index in [2.05, 4.69) is 32.1 Å². The van der Waals surface area contributed by atoms with Crippen LogP contribution in [0.15, 0.2) is 0 Å². The molecule has 4 heteroatoms. The lowest BCUT2D eigenvalue weighted by Gasteiger charge is -2.36. The maximum Gasteiger partial charge on any atom is 0.248 e. The van der Waals surface area contributed by atoms with Crippen molar-refractivity contribution in [2.75, 3.05) is 0 Å². The first-order valence-electron chi connectivity index (χ1n) is 2.27. The van der Waals surface area contributed by atoms with Gasteiger partial charge in [0.05, 0.1) is 22.2 Å². The fraction of sp³-hybridized carbons (Fsp3) is 0.750. The summed E-state index contributed by atoms with van der Waals surface area (Å²) >= 11 is 6.30. The number of halogens is 2. The molecule has 0 bridgehead atoms. The first kappa shape index (κ1) is 6.55. The lowest BCUT2D eigenvalue weighted by Crippen LogP contribution is -2.54. The summed E-state index contributed by atoms with van der Waals surface area (Å²) < 4.78 is 1.53. The summed E-state index contributed by atoms with van der Waals surface area (Å²) in [7, 11) is 0. The Morgan fingerprint density at radius 1 is 1.75 bits per heavy atom. The smallest absolute Gasteiger partial charge is 0.248 e. The van der Waals surface area contributed by atoms with E-state index < -0.39 is 0 Å². The molecule has 1 aliphatic rings. The van der Waals surface area contributed by atoms with Gasteiger partial charge in [-0.3, -0.25) is 8.72 Å². The molecule has 0 aliphatic carbocycles. The average Bonchev–Trinajstić information content (AvgIpc) is 1.83. The minimum atomic E-state index is 0.0295. The molecular formula is C4H5Br2NO. The van der Waals surface area contributed by atoms with Crippen LogP contribution < -0.4 is 0 Å². The maximum atomic E-state index is 10.6. The van der Waals surface area contributed by atoms with Crippen LogP contribution >= 0.6 is 32.1 Å². The van der Waals surface area contributed by atoms with Crippen molar-refractivity contribution in [2.45, 2.75) is 17.8 Å². The molecule has 0 saturated carbocycles. The summed E-state index contributed by atoms with van der Waals surface area (Å²) in [4.78, 5) is 10.6. The Morgan fingerprint density at radius 2 is 2.25 bits per heavy atom. The molecule has 1 saturated heterocycles. The Hall–Kier alpha value is 0.430. The van der Waals surface area contributed by atoms with Crippen molar-refractivity contribution in [3.05, 3.63) is 0 Å². The van der Waals surface area contributed by atoms with Crippen LogP contribution in [0, 0.1) is 0 Å². The topological polar surface area (TPSA) is 20.3 Å². The van der Waals surface area contributed by atoms with Gasteiger partial charge in [-0.1, -0.05) is 15.9 Å². The quantitative estimate of drug-likeness (QED) is 0.356. The Kier molecular flexibility index (Phi) is 1.63. The molecule has 0 spiro atoms. The summed E-state index contributed by atoms with van der Waals surface area (Å²) in [5.41, 5.74) is 0. The molecule has 1 aliphatic heterocycles. The third-order valence-corrected chi connectivity index (χ3v) is 3.38. The van der Waals surface area contributed by atoms with E-state index in [0.717, 1.165) is 0 Å². The second-order valence-electron chi connectivity index (χ2n) is 1.79. The van der Waals surface area contributed by atoms with Crippen LogP contribution in [-0.4, -0.2) is 20.7 Å². The number of carbonyl (C=O) groups excluding carboxylic acids is 1. The van der Waals surface area contributed by atoms with Gasteiger partial charge in [-0.2, -0.15) is 0 Å². The molecule has 2 nitrogen and oxygen atoms in total. The predicted molar refractivity (Wildman–Crippen MR) is 38.0 cm³/mol. The Labute approximate surface area is 64.7 Å². The zero-order valence-electron chi connectivity index (χ0n) is 4.27. The average molecular weight is 243 g/mol. The number of rotatable bonds is 0. The van der Waals surface area contributed by atoms with Crippen molar-refractivity contribution < 1.29 is 4.79 Å². The molecule has 1 fully saturated rings. The molecule has 0 aromatic carbocycles. The first-order valence-corrected chi connectivity index (χ1v) is 3.90. The first-order chi connectivity index (χ1) is 3.64. The molecule has 8 heavy (non-hydrogen) atoms. The molecule has 1 rings (SSSR count). The number of hydrogen-bond donors (Lipinski definition) is 0. The molecule has 1 heterocycles. The van der Waals surface area contributed by atoms with E-state index in [-0.39, 0.29) is 10.7 Å². The summed E-state index contributed by atoms with van der Waals surface area (Å²) in [5, 5.41) is 0. The zero-order valence-corrected chi connectivity index (χ0v) is 7.44. The van der Waals surface area contributed by atoms with Gasteiger partial charge in [0.1, 0.15) is 4.83 Å². The second kappa shape index (κ2) is 1.99. The molecule has 0 aromatic heterocycles. The normalized spacial score (nSPS) is 37.4. The number of carbonyl (C=O) groups is 1. The van der Waals surface area contributed by atoms with Gasteiger partial charge in [-0.25, -0.2) is 0 Å². The number of nitrogens with zero attached hydrogens (tertiary/aromatic N) is 1. The molecule has 0 N–H and O–H groups in total. The van der Waals surface area contributed by atoms with Gasteiger partial charge < -0.3 is 0 Å². The Balaban J connectivity index is 2.55. The van der Waals surface area contributed by atoms with Gasteiger partial charge in [-0.15, -0.1) is 0 Å². The van der Waals surface area contributed by atoms with Crippen LogP contribution in [-0.2, 0) is 4.79 Å². The highest BCUT2D eigenvalue weighted by molar-refractivity contribution is 9.10. The maximum absolute atomic E-state index is 10.6. The van der Waals surface area contributed by atoms with Crippen LogP contribution in [0.1, 0.15) is 6.92 Å². The zero-order chi connectivity index (χ0) is 6.31. The second-order valence-corrected chi connectivity index (χ2v) is 3.54. The molecule has 2 atom stereocenters. The standard InChI is InChI=1S/C4H5Br2NO/c1-2-3(5)4(8)7(2)6/h2-3H,1H3. The van der Waals surface area contributed by atoms with Crippen LogP contribution in [0.3, 0.4) is 0 Å². The van der Waals surface area contributed by atoms with Gasteiger partial charge >= 0.3 is 0 Å². The minimum Gasteiger partial charge on any atom is -0.273 e. The van der Waals surface area contributed by atoms with E-state index >= 15 is 0 Å². The third-order valence-electron chi connectivity index (χ3n) is 1.23. The highest BCUT2D eigenvalue weighted by atomic mass is 79.9. The molecule has 0 aromatic rings. The van der Waals surface area contributed by atoms with Gasteiger partial charge in [0, 0.05) is 0 Å². The van der Waals surface area contributed by atoms with E-state index in [4.69, 9.17) is 0 Å². The summed E-state index contributed by atoms with van der Waals surface area (Å²) in [5.74, 6) is 0.109. The van der Waals surface area contributed by atoms with Gasteiger partial charge in [0.15, 0.2) is 0 Å². The van der Waals surface area contributed by atoms with Gasteiger partial charge in [-0.05, 0) is 6.92 Å². The van der Waals surface area contributed by atoms with Crippen molar-refractivity contribution in [2.24, 2.45) is 0 Å². The number of amides is 1. The predicted octanol–water partition coefficient (Wildman–Crippen LogP) is 1.29. The van der Waals surface area contributed by atoms with Gasteiger partial charge in [0.2, 0.25) is 5.91 Å². The number of β-lactam (4-membered cyclic amide) rings is 1. The van der Waals surface area contributed by atoms with Crippen LogP contribution in [0.25, 0.3) is 0 Å². The van der Waals surface area contributed by atoms with Crippen molar-refractivity contribution in [3.8, 4) is 0 Å². The summed E-state index contributed by atoms with van der Waals surface area (Å²) in [6.45, 7) is 1.97. The number of alkyl halides is 1. The molecule has 46 valence electrons. The van der Waals surface area contributed by atoms with Crippen molar-refractivity contribution in [1.82, 2.24) is 3.93 Å². The lowest BCUT2D eigenvalue weighted by atomic mass is 10.1. The lowest BCUT2D eigenvalue weighted by molar-refractivity contribution is -0.134. The van der Waals surface area contributed by atoms with E-state index in [1.54, 1.807) is 0 Å². The Morgan fingerprint density at radius 3 is 2.38 bits per heavy atom. The highest BCUT2D eigenvalue weighted by Crippen LogP contribution is 2.28. The van der Waals surface area contributed by atoms with Crippen molar-refractivity contribution in [3.63, 3.8) is 0 Å². The highest BCUT2D eigenvalue weighted by Gasteiger charge is 2.41. The molecule has 0 radical (unpaired) electrons. The number of hydrogen-bond acceptors (Lipinski definition) is 1. The fourth-order valence-electron chi connectivity index (χ4n) is 0.558. The van der Waals surface area contributed by atoms with Gasteiger partial charge in [0.25, 0.3) is 0 Å². The van der Waals surface area contributed by atoms with E-state index in [1.807, 2.05) is 6.92 Å². The van der Waals surface area contributed by atoms with Crippen molar-refractivity contribution in [1.29, 1.82) is 0 Å². The monoisotopic (exact) mass is 241 g/mol. The molecule has 1 amide bonds. The summed E-state index contributed by atoms with van der Waals surface area (Å²) in [6.07, 6.45) is 0. The fourth-order valence-corrected chi connectivity index (χ4v) is 2.06. The largest absolute Gasteiger partial charge is 0.273 e. The van der Waals surface area contributed by atoms with Crippen LogP contribution in [0.2, 0.25) is 0 Å². The minimum absolute atomic E-state index is 0.0295. The summed E-state index contributed by atoms with van der Waals surface area (Å²) in [6, 6.07) is 0.294. The van der Waals surface area contributed by atoms with E-state index in [9.17, 15) is 4.79 Å². The SMILES string of the molecule is CC1C(Br)C(=O)N1Br. The van der Waals surface area contributed by atoms with E-state index in [1.165, 1.54) is 3.93 Å². The molecular weight excluding hydrogens is 238 g/mol. The van der Waals surface area contributed by atoms with Crippen LogP contribution in [0.4, 0.5) is 0 Å². The van der Waals surface area contributed by atoms with E-state index in [0.29, 0.717) is 6.04 Å². The Bertz CT molecular complexity index is 115. The van der Waals surface area contributed by atoms with Crippen molar-refractivity contribution >= 4 is 38.0 Å². The molecule has 2 unspecified atom stereocenters. The van der Waals surface area contributed by atoms with Crippen LogP contribution in [0.5, 0.6) is 0 Å². The third kappa shape index (κ3) is 0.702.